The van der Waals surface area contributed by atoms with Gasteiger partial charge in [-0.3, -0.25) is 4.90 Å². The molecule has 1 aliphatic heterocycles. The fourth-order valence-electron chi connectivity index (χ4n) is 4.36. The van der Waals surface area contributed by atoms with Gasteiger partial charge in [-0.1, -0.05) is 41.0 Å². The minimum Gasteiger partial charge on any atom is -0.299 e. The highest BCUT2D eigenvalue weighted by molar-refractivity contribution is 5.01. The maximum atomic E-state index is 9.57. The van der Waals surface area contributed by atoms with Crippen molar-refractivity contribution < 1.29 is 0 Å². The zero-order valence-electron chi connectivity index (χ0n) is 14.7. The lowest BCUT2D eigenvalue weighted by molar-refractivity contribution is 0.0608. The van der Waals surface area contributed by atoms with E-state index in [1.54, 1.807) is 0 Å². The van der Waals surface area contributed by atoms with Gasteiger partial charge in [0, 0.05) is 12.6 Å². The van der Waals surface area contributed by atoms with Crippen LogP contribution in [-0.4, -0.2) is 24.0 Å². The molecule has 0 amide bonds. The Morgan fingerprint density at radius 3 is 2.48 bits per heavy atom. The molecule has 2 aliphatic rings. The molecule has 0 N–H and O–H groups in total. The van der Waals surface area contributed by atoms with Gasteiger partial charge in [-0.2, -0.15) is 5.26 Å². The summed E-state index contributed by atoms with van der Waals surface area (Å²) in [6, 6.07) is 3.14. The van der Waals surface area contributed by atoms with Crippen molar-refractivity contribution in [3.05, 3.63) is 0 Å². The van der Waals surface area contributed by atoms with Crippen molar-refractivity contribution >= 4 is 0 Å². The van der Waals surface area contributed by atoms with Gasteiger partial charge >= 0.3 is 0 Å². The molecule has 1 saturated carbocycles. The molecule has 0 aromatic rings. The summed E-state index contributed by atoms with van der Waals surface area (Å²) < 4.78 is 0. The minimum absolute atomic E-state index is 0.264. The zero-order chi connectivity index (χ0) is 15.6. The predicted molar refractivity (Wildman–Crippen MR) is 88.8 cm³/mol. The van der Waals surface area contributed by atoms with Crippen LogP contribution >= 0.6 is 0 Å². The summed E-state index contributed by atoms with van der Waals surface area (Å²) in [7, 11) is 0. The lowest BCUT2D eigenvalue weighted by Gasteiger charge is -2.44. The fourth-order valence-corrected chi connectivity index (χ4v) is 4.36. The fraction of sp³-hybridized carbons (Fsp3) is 0.947. The maximum Gasteiger partial charge on any atom is 0.0672 e. The van der Waals surface area contributed by atoms with Gasteiger partial charge in [0.25, 0.3) is 0 Å². The molecule has 1 saturated heterocycles. The number of likely N-dealkylation sites (tertiary alicyclic amines) is 1. The van der Waals surface area contributed by atoms with Crippen molar-refractivity contribution in [2.45, 2.75) is 72.8 Å². The van der Waals surface area contributed by atoms with Crippen molar-refractivity contribution in [1.82, 2.24) is 4.90 Å². The molecule has 0 aromatic heterocycles. The average molecular weight is 290 g/mol. The Hall–Kier alpha value is -0.550. The van der Waals surface area contributed by atoms with E-state index in [2.05, 4.69) is 45.6 Å². The van der Waals surface area contributed by atoms with Crippen LogP contribution in [-0.2, 0) is 0 Å². The second-order valence-electron chi connectivity index (χ2n) is 8.44. The first-order chi connectivity index (χ1) is 9.89. The van der Waals surface area contributed by atoms with Crippen LogP contribution in [0.2, 0.25) is 0 Å². The lowest BCUT2D eigenvalue weighted by atomic mass is 9.66. The molecule has 21 heavy (non-hydrogen) atoms. The monoisotopic (exact) mass is 290 g/mol. The summed E-state index contributed by atoms with van der Waals surface area (Å²) in [6.45, 7) is 14.3. The van der Waals surface area contributed by atoms with Crippen LogP contribution in [0.4, 0.5) is 0 Å². The maximum absolute atomic E-state index is 9.57. The van der Waals surface area contributed by atoms with Crippen molar-refractivity contribution in [3.8, 4) is 6.07 Å². The van der Waals surface area contributed by atoms with Gasteiger partial charge in [-0.05, 0) is 55.4 Å². The molecular formula is C19H34N2. The first-order valence-electron chi connectivity index (χ1n) is 9.02. The van der Waals surface area contributed by atoms with E-state index in [0.29, 0.717) is 11.5 Å². The first kappa shape index (κ1) is 16.8. The normalized spacial score (nSPS) is 35.1. The average Bonchev–Trinajstić information content (AvgIpc) is 2.96. The van der Waals surface area contributed by atoms with Crippen molar-refractivity contribution in [1.29, 1.82) is 5.26 Å². The summed E-state index contributed by atoms with van der Waals surface area (Å²) in [5.74, 6) is 2.67. The van der Waals surface area contributed by atoms with E-state index in [1.165, 1.54) is 38.8 Å². The number of nitriles is 1. The van der Waals surface area contributed by atoms with E-state index in [9.17, 15) is 5.26 Å². The summed E-state index contributed by atoms with van der Waals surface area (Å²) in [5, 5.41) is 9.57. The van der Waals surface area contributed by atoms with Crippen molar-refractivity contribution in [2.75, 3.05) is 13.1 Å². The molecule has 0 bridgehead atoms. The SMILES string of the molecule is CCC(C)(C)C1CCC(C#N)C(N2CCC(C(C)C)C2)C1. The van der Waals surface area contributed by atoms with E-state index >= 15 is 0 Å². The predicted octanol–water partition coefficient (Wildman–Crippen LogP) is 4.71. The number of nitrogens with zero attached hydrogens (tertiary/aromatic N) is 2. The zero-order valence-corrected chi connectivity index (χ0v) is 14.7. The molecule has 120 valence electrons. The van der Waals surface area contributed by atoms with E-state index in [-0.39, 0.29) is 5.92 Å². The van der Waals surface area contributed by atoms with Gasteiger partial charge in [-0.25, -0.2) is 0 Å². The van der Waals surface area contributed by atoms with Crippen molar-refractivity contribution in [3.63, 3.8) is 0 Å². The topological polar surface area (TPSA) is 27.0 Å². The van der Waals surface area contributed by atoms with Gasteiger partial charge in [0.05, 0.1) is 12.0 Å². The van der Waals surface area contributed by atoms with Gasteiger partial charge < -0.3 is 0 Å². The standard InChI is InChI=1S/C19H34N2/c1-6-19(4,5)17-8-7-15(12-20)18(11-17)21-10-9-16(13-21)14(2)3/h14-18H,6-11,13H2,1-5H3. The second kappa shape index (κ2) is 6.69. The van der Waals surface area contributed by atoms with E-state index in [0.717, 1.165) is 24.2 Å². The Labute approximate surface area is 131 Å². The van der Waals surface area contributed by atoms with Crippen LogP contribution < -0.4 is 0 Å². The molecule has 0 aromatic carbocycles. The molecule has 2 heteroatoms. The third-order valence-corrected chi connectivity index (χ3v) is 6.67. The van der Waals surface area contributed by atoms with Gasteiger partial charge in [-0.15, -0.1) is 0 Å². The largest absolute Gasteiger partial charge is 0.299 e. The molecule has 2 fully saturated rings. The highest BCUT2D eigenvalue weighted by Crippen LogP contribution is 2.44. The highest BCUT2D eigenvalue weighted by Gasteiger charge is 2.41. The van der Waals surface area contributed by atoms with Crippen LogP contribution in [0.5, 0.6) is 0 Å². The molecule has 0 spiro atoms. The highest BCUT2D eigenvalue weighted by atomic mass is 15.2. The molecule has 2 rings (SSSR count). The summed E-state index contributed by atoms with van der Waals surface area (Å²) >= 11 is 0. The van der Waals surface area contributed by atoms with E-state index in [4.69, 9.17) is 0 Å². The Bertz CT molecular complexity index is 380. The summed E-state index contributed by atoms with van der Waals surface area (Å²) in [6.07, 6.45) is 6.17. The van der Waals surface area contributed by atoms with Crippen LogP contribution in [0.15, 0.2) is 0 Å². The smallest absolute Gasteiger partial charge is 0.0672 e. The van der Waals surface area contributed by atoms with Crippen LogP contribution in [0.25, 0.3) is 0 Å². The molecule has 2 nitrogen and oxygen atoms in total. The van der Waals surface area contributed by atoms with Crippen LogP contribution in [0.1, 0.15) is 66.7 Å². The minimum atomic E-state index is 0.264. The Morgan fingerprint density at radius 2 is 1.95 bits per heavy atom. The van der Waals surface area contributed by atoms with E-state index < -0.39 is 0 Å². The molecule has 4 atom stereocenters. The number of hydrogen-bond donors (Lipinski definition) is 0. The molecule has 4 unspecified atom stereocenters. The Morgan fingerprint density at radius 1 is 1.24 bits per heavy atom. The lowest BCUT2D eigenvalue weighted by Crippen LogP contribution is -2.45. The number of hydrogen-bond acceptors (Lipinski definition) is 2. The molecule has 0 radical (unpaired) electrons. The summed E-state index contributed by atoms with van der Waals surface area (Å²) in [4.78, 5) is 2.66. The van der Waals surface area contributed by atoms with Crippen LogP contribution in [0.3, 0.4) is 0 Å². The van der Waals surface area contributed by atoms with E-state index in [1.807, 2.05) is 0 Å². The third-order valence-electron chi connectivity index (χ3n) is 6.67. The van der Waals surface area contributed by atoms with Gasteiger partial charge in [0.1, 0.15) is 0 Å². The Kier molecular flexibility index (Phi) is 5.36. The molecular weight excluding hydrogens is 256 g/mol. The van der Waals surface area contributed by atoms with Crippen molar-refractivity contribution in [2.24, 2.45) is 29.1 Å². The number of rotatable bonds is 4. The summed E-state index contributed by atoms with van der Waals surface area (Å²) in [5.41, 5.74) is 0.426. The molecule has 1 heterocycles. The Balaban J connectivity index is 2.06. The van der Waals surface area contributed by atoms with Crippen LogP contribution in [0, 0.1) is 40.4 Å². The third kappa shape index (κ3) is 3.62. The van der Waals surface area contributed by atoms with Gasteiger partial charge in [0.15, 0.2) is 0 Å². The molecule has 1 aliphatic carbocycles. The second-order valence-corrected chi connectivity index (χ2v) is 8.44. The van der Waals surface area contributed by atoms with Gasteiger partial charge in [0.2, 0.25) is 0 Å². The quantitative estimate of drug-likeness (QED) is 0.750. The first-order valence-corrected chi connectivity index (χ1v) is 9.02.